The molecule has 0 heterocycles. The minimum Gasteiger partial charge on any atom is -0.463 e. The number of hydrogen-bond acceptors (Lipinski definition) is 5. The van der Waals surface area contributed by atoms with Crippen LogP contribution in [0.3, 0.4) is 0 Å². The predicted octanol–water partition coefficient (Wildman–Crippen LogP) is 5.12. The van der Waals surface area contributed by atoms with Crippen LogP contribution in [0.2, 0.25) is 0 Å². The maximum atomic E-state index is 12.2. The number of aliphatic hydroxyl groups is 2. The highest BCUT2D eigenvalue weighted by molar-refractivity contribution is 5.78. The molecule has 174 valence electrons. The van der Waals surface area contributed by atoms with Crippen molar-refractivity contribution in [1.82, 2.24) is 0 Å². The molecular formula is C25H44O5. The lowest BCUT2D eigenvalue weighted by molar-refractivity contribution is -0.147. The molecule has 0 aromatic carbocycles. The number of hydrogen-bond donors (Lipinski definition) is 2. The van der Waals surface area contributed by atoms with Crippen LogP contribution in [0.5, 0.6) is 0 Å². The van der Waals surface area contributed by atoms with E-state index >= 15 is 0 Å². The van der Waals surface area contributed by atoms with Gasteiger partial charge in [-0.2, -0.15) is 0 Å². The SMILES string of the molecule is CCCCCCCC(=O)CC[C@H]1C(O)CC(O)C1C/C=C\CCCC(=O)OC(C)C. The van der Waals surface area contributed by atoms with Crippen LogP contribution < -0.4 is 0 Å². The van der Waals surface area contributed by atoms with Crippen LogP contribution in [0.15, 0.2) is 12.2 Å². The maximum absolute atomic E-state index is 12.2. The Morgan fingerprint density at radius 1 is 0.933 bits per heavy atom. The summed E-state index contributed by atoms with van der Waals surface area (Å²) in [6.45, 7) is 5.87. The van der Waals surface area contributed by atoms with Crippen molar-refractivity contribution < 1.29 is 24.5 Å². The van der Waals surface area contributed by atoms with Crippen LogP contribution in [0, 0.1) is 11.8 Å². The Morgan fingerprint density at radius 3 is 2.33 bits per heavy atom. The minimum atomic E-state index is -0.526. The maximum Gasteiger partial charge on any atom is 0.306 e. The second-order valence-electron chi connectivity index (χ2n) is 9.08. The summed E-state index contributed by atoms with van der Waals surface area (Å²) in [4.78, 5) is 23.7. The number of allylic oxidation sites excluding steroid dienone is 2. The molecule has 0 spiro atoms. The van der Waals surface area contributed by atoms with Gasteiger partial charge in [0.2, 0.25) is 0 Å². The quantitative estimate of drug-likeness (QED) is 0.204. The zero-order chi connectivity index (χ0) is 22.4. The Labute approximate surface area is 183 Å². The van der Waals surface area contributed by atoms with E-state index in [4.69, 9.17) is 4.74 Å². The molecule has 0 radical (unpaired) electrons. The highest BCUT2D eigenvalue weighted by Gasteiger charge is 2.40. The van der Waals surface area contributed by atoms with Gasteiger partial charge in [0.15, 0.2) is 0 Å². The molecule has 30 heavy (non-hydrogen) atoms. The van der Waals surface area contributed by atoms with E-state index in [0.717, 1.165) is 25.7 Å². The van der Waals surface area contributed by atoms with Gasteiger partial charge in [-0.3, -0.25) is 9.59 Å². The third-order valence-electron chi connectivity index (χ3n) is 6.03. The van der Waals surface area contributed by atoms with Gasteiger partial charge in [0.05, 0.1) is 18.3 Å². The molecular weight excluding hydrogens is 380 g/mol. The van der Waals surface area contributed by atoms with Crippen molar-refractivity contribution in [2.75, 3.05) is 0 Å². The average Bonchev–Trinajstić information content (AvgIpc) is 2.94. The molecule has 1 fully saturated rings. The van der Waals surface area contributed by atoms with Crippen molar-refractivity contribution in [3.63, 3.8) is 0 Å². The summed E-state index contributed by atoms with van der Waals surface area (Å²) >= 11 is 0. The number of aliphatic hydroxyl groups excluding tert-OH is 2. The molecule has 4 atom stereocenters. The number of unbranched alkanes of at least 4 members (excludes halogenated alkanes) is 5. The van der Waals surface area contributed by atoms with Crippen LogP contribution in [-0.2, 0) is 14.3 Å². The monoisotopic (exact) mass is 424 g/mol. The normalized spacial score (nSPS) is 24.1. The Morgan fingerprint density at radius 2 is 1.63 bits per heavy atom. The van der Waals surface area contributed by atoms with E-state index in [1.165, 1.54) is 19.3 Å². The lowest BCUT2D eigenvalue weighted by Crippen LogP contribution is -2.22. The van der Waals surface area contributed by atoms with Crippen LogP contribution in [-0.4, -0.2) is 40.3 Å². The topological polar surface area (TPSA) is 83.8 Å². The first kappa shape index (κ1) is 26.8. The summed E-state index contributed by atoms with van der Waals surface area (Å²) in [5.41, 5.74) is 0. The van der Waals surface area contributed by atoms with Gasteiger partial charge < -0.3 is 14.9 Å². The molecule has 0 aromatic rings. The first-order valence-corrected chi connectivity index (χ1v) is 12.1. The smallest absolute Gasteiger partial charge is 0.306 e. The van der Waals surface area contributed by atoms with Gasteiger partial charge in [0.25, 0.3) is 0 Å². The molecule has 0 saturated heterocycles. The molecule has 1 saturated carbocycles. The van der Waals surface area contributed by atoms with Crippen molar-refractivity contribution in [1.29, 1.82) is 0 Å². The van der Waals surface area contributed by atoms with E-state index in [9.17, 15) is 19.8 Å². The van der Waals surface area contributed by atoms with Gasteiger partial charge in [0, 0.05) is 19.3 Å². The van der Waals surface area contributed by atoms with E-state index < -0.39 is 12.2 Å². The number of carbonyl (C=O) groups excluding carboxylic acids is 2. The van der Waals surface area contributed by atoms with Crippen LogP contribution in [0.1, 0.15) is 104 Å². The van der Waals surface area contributed by atoms with E-state index in [1.807, 2.05) is 26.0 Å². The molecule has 0 amide bonds. The fourth-order valence-corrected chi connectivity index (χ4v) is 4.34. The molecule has 0 aliphatic heterocycles. The van der Waals surface area contributed by atoms with Gasteiger partial charge in [-0.15, -0.1) is 0 Å². The molecule has 1 rings (SSSR count). The zero-order valence-corrected chi connectivity index (χ0v) is 19.4. The number of ketones is 1. The lowest BCUT2D eigenvalue weighted by atomic mass is 9.86. The molecule has 0 aromatic heterocycles. The summed E-state index contributed by atoms with van der Waals surface area (Å²) in [5.74, 6) is 0.0970. The third kappa shape index (κ3) is 11.3. The number of rotatable bonds is 16. The average molecular weight is 425 g/mol. The molecule has 5 heteroatoms. The number of Topliss-reactive ketones (excluding diaryl/α,β-unsaturated/α-hetero) is 1. The minimum absolute atomic E-state index is 0.000453. The van der Waals surface area contributed by atoms with E-state index in [-0.39, 0.29) is 29.7 Å². The van der Waals surface area contributed by atoms with Crippen molar-refractivity contribution in [3.05, 3.63) is 12.2 Å². The van der Waals surface area contributed by atoms with Crippen LogP contribution in [0.25, 0.3) is 0 Å². The van der Waals surface area contributed by atoms with Gasteiger partial charge in [-0.25, -0.2) is 0 Å². The van der Waals surface area contributed by atoms with Crippen molar-refractivity contribution in [2.45, 2.75) is 123 Å². The Balaban J connectivity index is 2.30. The van der Waals surface area contributed by atoms with Crippen LogP contribution in [0.4, 0.5) is 0 Å². The summed E-state index contributed by atoms with van der Waals surface area (Å²) < 4.78 is 5.11. The molecule has 3 unspecified atom stereocenters. The molecule has 1 aliphatic carbocycles. The highest BCUT2D eigenvalue weighted by atomic mass is 16.5. The largest absolute Gasteiger partial charge is 0.463 e. The van der Waals surface area contributed by atoms with Crippen molar-refractivity contribution in [3.8, 4) is 0 Å². The van der Waals surface area contributed by atoms with E-state index in [1.54, 1.807) is 0 Å². The van der Waals surface area contributed by atoms with Crippen molar-refractivity contribution >= 4 is 11.8 Å². The highest BCUT2D eigenvalue weighted by Crippen LogP contribution is 2.38. The Hall–Kier alpha value is -1.20. The summed E-state index contributed by atoms with van der Waals surface area (Å²) in [7, 11) is 0. The first-order chi connectivity index (χ1) is 14.3. The zero-order valence-electron chi connectivity index (χ0n) is 19.4. The van der Waals surface area contributed by atoms with Crippen molar-refractivity contribution in [2.24, 2.45) is 11.8 Å². The fraction of sp³-hybridized carbons (Fsp3) is 0.840. The Kier molecular flexibility index (Phi) is 13.9. The molecule has 1 aliphatic rings. The molecule has 2 N–H and O–H groups in total. The standard InChI is InChI=1S/C25H44O5/c1-4-5-6-7-10-13-20(26)16-17-22-21(23(27)18-24(22)28)14-11-8-9-12-15-25(29)30-19(2)3/h8,11,19,21-24,27-28H,4-7,9-10,12-18H2,1-3H3/b11-8-/t21?,22-,23?,24?/m1/s1. The van der Waals surface area contributed by atoms with Gasteiger partial charge in [-0.05, 0) is 64.2 Å². The van der Waals surface area contributed by atoms with Gasteiger partial charge in [0.1, 0.15) is 5.78 Å². The summed E-state index contributed by atoms with van der Waals surface area (Å²) in [5, 5.41) is 20.7. The summed E-state index contributed by atoms with van der Waals surface area (Å²) in [6, 6.07) is 0. The number of esters is 1. The second kappa shape index (κ2) is 15.6. The second-order valence-corrected chi connectivity index (χ2v) is 9.08. The predicted molar refractivity (Wildman–Crippen MR) is 120 cm³/mol. The number of ether oxygens (including phenoxy) is 1. The summed E-state index contributed by atoms with van der Waals surface area (Å²) in [6.07, 6.45) is 13.5. The molecule has 5 nitrogen and oxygen atoms in total. The van der Waals surface area contributed by atoms with Gasteiger partial charge in [-0.1, -0.05) is 44.8 Å². The van der Waals surface area contributed by atoms with Crippen LogP contribution >= 0.6 is 0 Å². The number of carbonyl (C=O) groups is 2. The lowest BCUT2D eigenvalue weighted by Gasteiger charge is -2.22. The first-order valence-electron chi connectivity index (χ1n) is 12.1. The van der Waals surface area contributed by atoms with Gasteiger partial charge >= 0.3 is 5.97 Å². The third-order valence-corrected chi connectivity index (χ3v) is 6.03. The Bertz CT molecular complexity index is 514. The molecule has 0 bridgehead atoms. The fourth-order valence-electron chi connectivity index (χ4n) is 4.34. The van der Waals surface area contributed by atoms with E-state index in [2.05, 4.69) is 6.92 Å². The van der Waals surface area contributed by atoms with E-state index in [0.29, 0.717) is 38.5 Å².